The van der Waals surface area contributed by atoms with E-state index >= 15 is 0 Å². The van der Waals surface area contributed by atoms with E-state index in [0.29, 0.717) is 0 Å². The first-order valence-electron chi connectivity index (χ1n) is 14.9. The third-order valence-electron chi connectivity index (χ3n) is 6.95. The van der Waals surface area contributed by atoms with E-state index in [2.05, 4.69) is 0 Å². The average Bonchev–Trinajstić information content (AvgIpc) is 3.42. The molecule has 1 unspecified atom stereocenters. The maximum absolute atomic E-state index is 13.9. The molecule has 0 aromatic heterocycles. The van der Waals surface area contributed by atoms with Crippen molar-refractivity contribution in [2.45, 2.75) is 39.0 Å². The third kappa shape index (κ3) is 10.4. The van der Waals surface area contributed by atoms with Gasteiger partial charge in [0.15, 0.2) is 58.4 Å². The topological polar surface area (TPSA) is 121 Å². The first-order valence-corrected chi connectivity index (χ1v) is 16.4. The Morgan fingerprint density at radius 3 is 1.44 bits per heavy atom. The highest BCUT2D eigenvalue weighted by atomic mass is 31.2. The number of hydrogen-bond acceptors (Lipinski definition) is 8. The molecule has 4 aromatic rings. The van der Waals surface area contributed by atoms with Crippen LogP contribution in [0.15, 0.2) is 84.3 Å². The molecule has 0 fully saturated rings. The molecule has 0 radical (unpaired) electrons. The lowest BCUT2D eigenvalue weighted by molar-refractivity contribution is -0.144. The van der Waals surface area contributed by atoms with Crippen LogP contribution in [0.4, 0.5) is 35.1 Å². The second kappa shape index (κ2) is 18.1. The summed E-state index contributed by atoms with van der Waals surface area (Å²) in [6.45, 7) is -2.95. The van der Waals surface area contributed by atoms with Crippen molar-refractivity contribution in [3.05, 3.63) is 153 Å². The summed E-state index contributed by atoms with van der Waals surface area (Å²) in [4.78, 5) is 21.6. The number of ether oxygens (including phenoxy) is 3. The predicted molar refractivity (Wildman–Crippen MR) is 163 cm³/mol. The summed E-state index contributed by atoms with van der Waals surface area (Å²) in [5.41, 5.74) is -0.798. The van der Waals surface area contributed by atoms with Crippen LogP contribution in [0.3, 0.4) is 0 Å². The van der Waals surface area contributed by atoms with Crippen molar-refractivity contribution < 1.29 is 77.7 Å². The maximum Gasteiger partial charge on any atom is 0.472 e. The number of phosphoric acid groups is 1. The molecule has 1 aliphatic rings. The molecule has 5 rings (SSSR count). The molecule has 4 aromatic carbocycles. The van der Waals surface area contributed by atoms with E-state index in [1.165, 1.54) is 0 Å². The highest BCUT2D eigenvalue weighted by Gasteiger charge is 2.38. The molecule has 1 aliphatic heterocycles. The highest BCUT2D eigenvalue weighted by Crippen LogP contribution is 2.45. The Morgan fingerprint density at radius 1 is 0.635 bits per heavy atom. The van der Waals surface area contributed by atoms with Crippen LogP contribution in [0.2, 0.25) is 0 Å². The molecule has 0 saturated carbocycles. The smallest absolute Gasteiger partial charge is 0.472 e. The molecule has 52 heavy (non-hydrogen) atoms. The molecule has 2 N–H and O–H groups in total. The minimum atomic E-state index is -4.02. The average molecular weight is 763 g/mol. The Morgan fingerprint density at radius 2 is 1.04 bits per heavy atom. The summed E-state index contributed by atoms with van der Waals surface area (Å²) < 4.78 is 145. The van der Waals surface area contributed by atoms with Gasteiger partial charge in [-0.05, 0) is 11.1 Å². The molecule has 0 amide bonds. The van der Waals surface area contributed by atoms with Crippen molar-refractivity contribution >= 4 is 13.8 Å². The van der Waals surface area contributed by atoms with E-state index in [1.54, 1.807) is 0 Å². The first kappa shape index (κ1) is 40.0. The van der Waals surface area contributed by atoms with Crippen LogP contribution in [0.5, 0.6) is 0 Å². The van der Waals surface area contributed by atoms with Crippen molar-refractivity contribution in [3.8, 4) is 0 Å². The molecular formula is C34H27F8O9P. The summed E-state index contributed by atoms with van der Waals surface area (Å²) >= 11 is 0. The largest absolute Gasteiger partial charge is 0.485 e. The number of cyclic esters (lactones) is 1. The second-order valence-electron chi connectivity index (χ2n) is 10.6. The fourth-order valence-corrected chi connectivity index (χ4v) is 5.07. The standard InChI is InChI=1S/C20H12F8O5.C14H15O4P/c21-9-3-10(22)15(26)7(14(9)25)5-31-18-13(1-2-29)33-20(30)19(18)32-6-8-16(27)11(23)4-12(24)17(8)28;15-19(16,17-11-13-7-3-1-4-8-13)18-12-14-9-5-2-6-10-14/h3-4,13,29H,1-2,5-6H2;1-10H,11-12H2,(H,15,16). The number of benzene rings is 4. The molecule has 9 nitrogen and oxygen atoms in total. The van der Waals surface area contributed by atoms with Gasteiger partial charge in [0.25, 0.3) is 0 Å². The highest BCUT2D eigenvalue weighted by molar-refractivity contribution is 7.47. The Hall–Kier alpha value is -4.80. The van der Waals surface area contributed by atoms with Gasteiger partial charge < -0.3 is 24.2 Å². The zero-order chi connectivity index (χ0) is 38.0. The lowest BCUT2D eigenvalue weighted by Crippen LogP contribution is -2.16. The summed E-state index contributed by atoms with van der Waals surface area (Å²) in [5, 5.41) is 9.09. The zero-order valence-corrected chi connectivity index (χ0v) is 27.4. The molecule has 0 bridgehead atoms. The van der Waals surface area contributed by atoms with E-state index in [-0.39, 0.29) is 31.8 Å². The van der Waals surface area contributed by atoms with Crippen LogP contribution in [0, 0.1) is 46.5 Å². The van der Waals surface area contributed by atoms with E-state index in [9.17, 15) is 49.4 Å². The molecule has 18 heteroatoms. The number of carbonyl (C=O) groups is 1. The van der Waals surface area contributed by atoms with Gasteiger partial charge >= 0.3 is 13.8 Å². The van der Waals surface area contributed by atoms with E-state index < -0.39 is 109 Å². The Kier molecular flexibility index (Phi) is 13.9. The van der Waals surface area contributed by atoms with Gasteiger partial charge in [0.2, 0.25) is 5.76 Å². The van der Waals surface area contributed by atoms with Gasteiger partial charge in [0, 0.05) is 25.2 Å². The van der Waals surface area contributed by atoms with Gasteiger partial charge in [0.05, 0.1) is 24.3 Å². The number of aliphatic hydroxyl groups excluding tert-OH is 1. The summed E-state index contributed by atoms with van der Waals surface area (Å²) in [7, 11) is -4.02. The summed E-state index contributed by atoms with van der Waals surface area (Å²) in [6.07, 6.45) is -1.76. The number of hydrogen-bond donors (Lipinski definition) is 2. The van der Waals surface area contributed by atoms with E-state index in [4.69, 9.17) is 28.4 Å². The van der Waals surface area contributed by atoms with Gasteiger partial charge in [-0.1, -0.05) is 60.7 Å². The lowest BCUT2D eigenvalue weighted by Gasteiger charge is -2.15. The quantitative estimate of drug-likeness (QED) is 0.0580. The molecule has 278 valence electrons. The molecular weight excluding hydrogens is 735 g/mol. The van der Waals surface area contributed by atoms with Crippen molar-refractivity contribution in [1.29, 1.82) is 0 Å². The van der Waals surface area contributed by atoms with Gasteiger partial charge in [-0.15, -0.1) is 0 Å². The van der Waals surface area contributed by atoms with Crippen molar-refractivity contribution in [1.82, 2.24) is 0 Å². The maximum atomic E-state index is 13.9. The lowest BCUT2D eigenvalue weighted by atomic mass is 10.1. The monoisotopic (exact) mass is 762 g/mol. The SMILES string of the molecule is O=C1OC(CCO)C(OCc2c(F)c(F)cc(F)c2F)=C1OCc1c(F)c(F)cc(F)c1F.O=P(O)(OCc1ccccc1)OCc1ccccc1. The van der Waals surface area contributed by atoms with Gasteiger partial charge in [-0.2, -0.15) is 0 Å². The number of carbonyl (C=O) groups excluding carboxylic acids is 1. The van der Waals surface area contributed by atoms with Crippen molar-refractivity contribution in [3.63, 3.8) is 0 Å². The van der Waals surface area contributed by atoms with Crippen LogP contribution in [0.25, 0.3) is 0 Å². The third-order valence-corrected chi connectivity index (χ3v) is 7.87. The van der Waals surface area contributed by atoms with Gasteiger partial charge in [-0.25, -0.2) is 44.5 Å². The number of rotatable bonds is 14. The minimum Gasteiger partial charge on any atom is -0.485 e. The van der Waals surface area contributed by atoms with Crippen LogP contribution in [0.1, 0.15) is 28.7 Å². The summed E-state index contributed by atoms with van der Waals surface area (Å²) in [5.74, 6) is -17.0. The van der Waals surface area contributed by atoms with Gasteiger partial charge in [0.1, 0.15) is 13.2 Å². The van der Waals surface area contributed by atoms with Crippen LogP contribution >= 0.6 is 7.82 Å². The van der Waals surface area contributed by atoms with Gasteiger partial charge in [-0.3, -0.25) is 9.05 Å². The first-order chi connectivity index (χ1) is 24.7. The minimum absolute atomic E-state index is 0.0417. The van der Waals surface area contributed by atoms with Crippen LogP contribution < -0.4 is 0 Å². The fourth-order valence-electron chi connectivity index (χ4n) is 4.37. The Bertz CT molecular complexity index is 1850. The van der Waals surface area contributed by atoms with E-state index in [1.807, 2.05) is 60.7 Å². The predicted octanol–water partition coefficient (Wildman–Crippen LogP) is 7.57. The second-order valence-corrected chi connectivity index (χ2v) is 12.0. The molecule has 1 heterocycles. The number of aliphatic hydroxyl groups is 1. The summed E-state index contributed by atoms with van der Waals surface area (Å²) in [6, 6.07) is 18.3. The molecule has 0 aliphatic carbocycles. The van der Waals surface area contributed by atoms with Crippen LogP contribution in [-0.4, -0.2) is 28.7 Å². The van der Waals surface area contributed by atoms with Crippen LogP contribution in [-0.2, 0) is 59.0 Å². The molecule has 0 saturated heterocycles. The molecule has 0 spiro atoms. The Balaban J connectivity index is 0.000000269. The normalized spacial score (nSPS) is 14.2. The van der Waals surface area contributed by atoms with E-state index in [0.717, 1.165) is 11.1 Å². The number of halogens is 8. The Labute approximate surface area is 290 Å². The fraction of sp³-hybridized carbons (Fsp3) is 0.206. The number of phosphoric ester groups is 1. The molecule has 1 atom stereocenters. The number of esters is 1. The zero-order valence-electron chi connectivity index (χ0n) is 26.5. The van der Waals surface area contributed by atoms with Crippen molar-refractivity contribution in [2.75, 3.05) is 6.61 Å². The van der Waals surface area contributed by atoms with Crippen molar-refractivity contribution in [2.24, 2.45) is 0 Å².